The maximum Gasteiger partial charge on any atom is 0.346 e. The molecule has 6 heteroatoms. The van der Waals surface area contributed by atoms with Gasteiger partial charge in [-0.25, -0.2) is 9.78 Å². The number of nitrogens with zero attached hydrogens (tertiary/aromatic N) is 1. The molecule has 0 aliphatic carbocycles. The molecule has 0 spiro atoms. The number of methoxy groups -OCH3 is 1. The van der Waals surface area contributed by atoms with Crippen LogP contribution in [0.2, 0.25) is 0 Å². The first-order valence-electron chi connectivity index (χ1n) is 4.69. The van der Waals surface area contributed by atoms with Crippen molar-refractivity contribution in [3.63, 3.8) is 0 Å². The average molecular weight is 251 g/mol. The van der Waals surface area contributed by atoms with Crippen LogP contribution in [0.25, 0.3) is 0 Å². The lowest BCUT2D eigenvalue weighted by atomic mass is 10.4. The van der Waals surface area contributed by atoms with E-state index in [-0.39, 0.29) is 4.88 Å². The van der Waals surface area contributed by atoms with Gasteiger partial charge in [-0.2, -0.15) is 0 Å². The van der Waals surface area contributed by atoms with Gasteiger partial charge in [-0.05, 0) is 6.07 Å². The summed E-state index contributed by atoms with van der Waals surface area (Å²) in [6, 6.07) is 4.82. The van der Waals surface area contributed by atoms with Gasteiger partial charge in [0.25, 0.3) is 0 Å². The van der Waals surface area contributed by atoms with Crippen molar-refractivity contribution < 1.29 is 19.4 Å². The largest absolute Gasteiger partial charge is 0.495 e. The summed E-state index contributed by atoms with van der Waals surface area (Å²) in [6.07, 6.45) is 1.53. The van der Waals surface area contributed by atoms with Crippen molar-refractivity contribution >= 4 is 17.3 Å². The molecule has 0 aliphatic heterocycles. The predicted octanol–water partition coefficient (Wildman–Crippen LogP) is 2.64. The molecule has 0 saturated heterocycles. The number of hydrogen-bond donors (Lipinski definition) is 1. The molecule has 0 aliphatic rings. The van der Waals surface area contributed by atoms with Crippen LogP contribution in [0.1, 0.15) is 9.67 Å². The lowest BCUT2D eigenvalue weighted by molar-refractivity contribution is 0.0702. The minimum Gasteiger partial charge on any atom is -0.495 e. The molecular weight excluding hydrogens is 242 g/mol. The highest BCUT2D eigenvalue weighted by Gasteiger charge is 2.08. The number of ether oxygens (including phenoxy) is 2. The van der Waals surface area contributed by atoms with Gasteiger partial charge >= 0.3 is 5.97 Å². The monoisotopic (exact) mass is 251 g/mol. The number of thiophene rings is 1. The van der Waals surface area contributed by atoms with Crippen molar-refractivity contribution in [3.05, 3.63) is 34.7 Å². The Balaban J connectivity index is 2.11. The van der Waals surface area contributed by atoms with Gasteiger partial charge in [-0.15, -0.1) is 11.3 Å². The quantitative estimate of drug-likeness (QED) is 0.904. The second kappa shape index (κ2) is 4.84. The smallest absolute Gasteiger partial charge is 0.346 e. The molecule has 2 heterocycles. The summed E-state index contributed by atoms with van der Waals surface area (Å²) < 4.78 is 10.4. The lowest BCUT2D eigenvalue weighted by Crippen LogP contribution is -1.91. The van der Waals surface area contributed by atoms with E-state index >= 15 is 0 Å². The SMILES string of the molecule is COc1ccc(Oc2csc(C(=O)O)c2)nc1. The zero-order chi connectivity index (χ0) is 12.3. The van der Waals surface area contributed by atoms with E-state index in [9.17, 15) is 4.79 Å². The first-order chi connectivity index (χ1) is 8.19. The molecule has 0 saturated carbocycles. The van der Waals surface area contributed by atoms with Crippen molar-refractivity contribution in [2.45, 2.75) is 0 Å². The highest BCUT2D eigenvalue weighted by atomic mass is 32.1. The Kier molecular flexibility index (Phi) is 3.24. The van der Waals surface area contributed by atoms with Crippen LogP contribution in [0.3, 0.4) is 0 Å². The average Bonchev–Trinajstić information content (AvgIpc) is 2.79. The van der Waals surface area contributed by atoms with Gasteiger partial charge < -0.3 is 14.6 Å². The molecule has 17 heavy (non-hydrogen) atoms. The summed E-state index contributed by atoms with van der Waals surface area (Å²) in [4.78, 5) is 14.9. The van der Waals surface area contributed by atoms with Crippen LogP contribution in [0.15, 0.2) is 29.8 Å². The zero-order valence-corrected chi connectivity index (χ0v) is 9.73. The highest BCUT2D eigenvalue weighted by Crippen LogP contribution is 2.26. The summed E-state index contributed by atoms with van der Waals surface area (Å²) in [6.45, 7) is 0. The first kappa shape index (κ1) is 11.4. The van der Waals surface area contributed by atoms with E-state index in [1.54, 1.807) is 24.6 Å². The Bertz CT molecular complexity index is 521. The van der Waals surface area contributed by atoms with Gasteiger partial charge in [0.15, 0.2) is 0 Å². The van der Waals surface area contributed by atoms with E-state index in [0.717, 1.165) is 11.3 Å². The Labute approximate surface area is 101 Å². The van der Waals surface area contributed by atoms with Crippen LogP contribution < -0.4 is 9.47 Å². The van der Waals surface area contributed by atoms with Crippen molar-refractivity contribution in [2.75, 3.05) is 7.11 Å². The normalized spacial score (nSPS) is 9.94. The number of carboxylic acids is 1. The molecule has 2 rings (SSSR count). The van der Waals surface area contributed by atoms with Gasteiger partial charge in [-0.3, -0.25) is 0 Å². The standard InChI is InChI=1S/C11H9NO4S/c1-15-7-2-3-10(12-5-7)16-8-4-9(11(13)14)17-6-8/h2-6H,1H3,(H,13,14). The summed E-state index contributed by atoms with van der Waals surface area (Å²) in [7, 11) is 1.55. The van der Waals surface area contributed by atoms with Crippen LogP contribution in [0.4, 0.5) is 0 Å². The molecule has 88 valence electrons. The number of carbonyl (C=O) groups is 1. The molecule has 2 aromatic rings. The predicted molar refractivity (Wildman–Crippen MR) is 62.1 cm³/mol. The van der Waals surface area contributed by atoms with Gasteiger partial charge in [-0.1, -0.05) is 0 Å². The van der Waals surface area contributed by atoms with Crippen molar-refractivity contribution in [2.24, 2.45) is 0 Å². The molecule has 0 amide bonds. The van der Waals surface area contributed by atoms with Crippen molar-refractivity contribution in [3.8, 4) is 17.4 Å². The van der Waals surface area contributed by atoms with Gasteiger partial charge in [0.1, 0.15) is 16.4 Å². The number of hydrogen-bond acceptors (Lipinski definition) is 5. The number of aromatic nitrogens is 1. The van der Waals surface area contributed by atoms with Gasteiger partial charge in [0, 0.05) is 17.5 Å². The summed E-state index contributed by atoms with van der Waals surface area (Å²) in [5.41, 5.74) is 0. The maximum atomic E-state index is 10.7. The first-order valence-corrected chi connectivity index (χ1v) is 5.57. The molecule has 5 nitrogen and oxygen atoms in total. The minimum atomic E-state index is -0.965. The van der Waals surface area contributed by atoms with E-state index in [1.165, 1.54) is 12.3 Å². The molecule has 0 radical (unpaired) electrons. The van der Waals surface area contributed by atoms with E-state index in [0.29, 0.717) is 17.4 Å². The minimum absolute atomic E-state index is 0.230. The fraction of sp³-hybridized carbons (Fsp3) is 0.0909. The third kappa shape index (κ3) is 2.73. The summed E-state index contributed by atoms with van der Waals surface area (Å²) in [5, 5.41) is 10.4. The van der Waals surface area contributed by atoms with Crippen molar-refractivity contribution in [1.29, 1.82) is 0 Å². The van der Waals surface area contributed by atoms with Gasteiger partial charge in [0.05, 0.1) is 13.3 Å². The molecule has 2 aromatic heterocycles. The Hall–Kier alpha value is -2.08. The summed E-state index contributed by atoms with van der Waals surface area (Å²) in [5.74, 6) is 0.520. The molecule has 0 fully saturated rings. The second-order valence-electron chi connectivity index (χ2n) is 3.09. The third-order valence-electron chi connectivity index (χ3n) is 1.95. The molecular formula is C11H9NO4S. The fourth-order valence-electron chi connectivity index (χ4n) is 1.15. The number of rotatable bonds is 4. The zero-order valence-electron chi connectivity index (χ0n) is 8.91. The van der Waals surface area contributed by atoms with E-state index < -0.39 is 5.97 Å². The molecule has 0 bridgehead atoms. The van der Waals surface area contributed by atoms with E-state index in [1.807, 2.05) is 0 Å². The van der Waals surface area contributed by atoms with Crippen LogP contribution >= 0.6 is 11.3 Å². The third-order valence-corrected chi connectivity index (χ3v) is 2.85. The lowest BCUT2D eigenvalue weighted by Gasteiger charge is -2.02. The molecule has 1 N–H and O–H groups in total. The second-order valence-corrected chi connectivity index (χ2v) is 4.00. The molecule has 0 aromatic carbocycles. The van der Waals surface area contributed by atoms with Gasteiger partial charge in [0.2, 0.25) is 5.88 Å². The number of carboxylic acid groups (broad SMARTS) is 1. The Morgan fingerprint density at radius 3 is 2.76 bits per heavy atom. The van der Waals surface area contributed by atoms with Crippen LogP contribution in [0.5, 0.6) is 17.4 Å². The number of aromatic carboxylic acids is 1. The van der Waals surface area contributed by atoms with Crippen molar-refractivity contribution in [1.82, 2.24) is 4.98 Å². The van der Waals surface area contributed by atoms with Crippen LogP contribution in [-0.4, -0.2) is 23.2 Å². The Morgan fingerprint density at radius 1 is 1.41 bits per heavy atom. The topological polar surface area (TPSA) is 68.7 Å². The number of pyridine rings is 1. The molecule has 0 atom stereocenters. The van der Waals surface area contributed by atoms with E-state index in [4.69, 9.17) is 14.6 Å². The van der Waals surface area contributed by atoms with Crippen LogP contribution in [0, 0.1) is 0 Å². The highest BCUT2D eigenvalue weighted by molar-refractivity contribution is 7.12. The maximum absolute atomic E-state index is 10.7. The Morgan fingerprint density at radius 2 is 2.24 bits per heavy atom. The van der Waals surface area contributed by atoms with E-state index in [2.05, 4.69) is 4.98 Å². The summed E-state index contributed by atoms with van der Waals surface area (Å²) >= 11 is 1.11. The van der Waals surface area contributed by atoms with Crippen LogP contribution in [-0.2, 0) is 0 Å². The fourth-order valence-corrected chi connectivity index (χ4v) is 1.80. The molecule has 0 unspecified atom stereocenters.